The Kier molecular flexibility index (Phi) is 6.80. The summed E-state index contributed by atoms with van der Waals surface area (Å²) in [6.07, 6.45) is 3.88. The Labute approximate surface area is 152 Å². The molecule has 2 heterocycles. The predicted molar refractivity (Wildman–Crippen MR) is 93.6 cm³/mol. The molecule has 1 aromatic rings. The second-order valence-corrected chi connectivity index (χ2v) is 6.77. The van der Waals surface area contributed by atoms with Gasteiger partial charge in [0.1, 0.15) is 5.75 Å². The fourth-order valence-corrected chi connectivity index (χ4v) is 3.72. The highest BCUT2D eigenvalue weighted by Gasteiger charge is 2.29. The molecule has 0 aromatic heterocycles. The van der Waals surface area contributed by atoms with Gasteiger partial charge < -0.3 is 14.4 Å². The van der Waals surface area contributed by atoms with Crippen LogP contribution in [0.4, 0.5) is 8.78 Å². The van der Waals surface area contributed by atoms with Crippen LogP contribution in [0.3, 0.4) is 0 Å². The number of hydrogen-bond acceptors (Lipinski definition) is 4. The summed E-state index contributed by atoms with van der Waals surface area (Å²) in [5.74, 6) is -0.266. The monoisotopic (exact) mass is 368 g/mol. The molecule has 144 valence electrons. The molecule has 2 saturated heterocycles. The summed E-state index contributed by atoms with van der Waals surface area (Å²) >= 11 is 0. The fourth-order valence-electron chi connectivity index (χ4n) is 3.72. The maximum atomic E-state index is 13.0. The highest BCUT2D eigenvalue weighted by atomic mass is 19.3. The molecular weight excluding hydrogens is 342 g/mol. The van der Waals surface area contributed by atoms with E-state index in [4.69, 9.17) is 4.74 Å². The second-order valence-electron chi connectivity index (χ2n) is 6.77. The first-order valence-electron chi connectivity index (χ1n) is 9.30. The van der Waals surface area contributed by atoms with Crippen LogP contribution in [0.1, 0.15) is 36.0 Å². The number of carbonyl (C=O) groups is 1. The van der Waals surface area contributed by atoms with E-state index in [0.29, 0.717) is 6.54 Å². The zero-order valence-electron chi connectivity index (χ0n) is 14.9. The van der Waals surface area contributed by atoms with Gasteiger partial charge in [-0.2, -0.15) is 8.78 Å². The van der Waals surface area contributed by atoms with Crippen molar-refractivity contribution in [1.29, 1.82) is 0 Å². The fraction of sp³-hybridized carbons (Fsp3) is 0.632. The molecule has 2 aliphatic heterocycles. The molecule has 1 aromatic carbocycles. The molecule has 7 heteroatoms. The summed E-state index contributed by atoms with van der Waals surface area (Å²) in [4.78, 5) is 17.2. The number of amides is 1. The van der Waals surface area contributed by atoms with Crippen molar-refractivity contribution in [3.8, 4) is 5.75 Å². The Bertz CT molecular complexity index is 594. The molecule has 2 fully saturated rings. The van der Waals surface area contributed by atoms with Gasteiger partial charge in [0.05, 0.1) is 18.8 Å². The molecule has 1 atom stereocenters. The van der Waals surface area contributed by atoms with Crippen LogP contribution in [-0.4, -0.2) is 67.8 Å². The van der Waals surface area contributed by atoms with Crippen LogP contribution in [0.15, 0.2) is 24.3 Å². The lowest BCUT2D eigenvalue weighted by Crippen LogP contribution is -2.46. The number of halogens is 2. The summed E-state index contributed by atoms with van der Waals surface area (Å²) in [5, 5.41) is 0. The number of hydrogen-bond donors (Lipinski definition) is 0. The zero-order chi connectivity index (χ0) is 18.4. The highest BCUT2D eigenvalue weighted by Crippen LogP contribution is 2.27. The highest BCUT2D eigenvalue weighted by molar-refractivity contribution is 5.97. The first-order valence-corrected chi connectivity index (χ1v) is 9.30. The van der Waals surface area contributed by atoms with Crippen molar-refractivity contribution in [2.75, 3.05) is 39.4 Å². The van der Waals surface area contributed by atoms with E-state index in [1.165, 1.54) is 6.07 Å². The summed E-state index contributed by atoms with van der Waals surface area (Å²) in [5.41, 5.74) is 0.214. The van der Waals surface area contributed by atoms with Crippen molar-refractivity contribution in [3.05, 3.63) is 29.8 Å². The first kappa shape index (κ1) is 19.0. The van der Waals surface area contributed by atoms with Gasteiger partial charge in [0.15, 0.2) is 0 Å². The number of rotatable bonds is 6. The van der Waals surface area contributed by atoms with Crippen LogP contribution in [0.5, 0.6) is 5.75 Å². The summed E-state index contributed by atoms with van der Waals surface area (Å²) < 4.78 is 35.2. The number of ether oxygens (including phenoxy) is 2. The van der Waals surface area contributed by atoms with E-state index in [9.17, 15) is 13.6 Å². The summed E-state index contributed by atoms with van der Waals surface area (Å²) in [7, 11) is 0. The summed E-state index contributed by atoms with van der Waals surface area (Å²) in [6.45, 7) is 2.00. The van der Waals surface area contributed by atoms with E-state index in [1.807, 2.05) is 4.90 Å². The standard InChI is InChI=1S/C19H26F2N2O3/c20-19(21)26-17-7-2-1-6-16(17)18(24)23-9-4-3-5-15(23)8-10-22-11-13-25-14-12-22/h1-2,6-7,15,19H,3-5,8-14H2/t15-/m1/s1. The Morgan fingerprint density at radius 1 is 1.19 bits per heavy atom. The van der Waals surface area contributed by atoms with Gasteiger partial charge in [-0.3, -0.25) is 9.69 Å². The molecule has 2 aliphatic rings. The van der Waals surface area contributed by atoms with Crippen molar-refractivity contribution < 1.29 is 23.0 Å². The minimum Gasteiger partial charge on any atom is -0.434 e. The number of nitrogens with zero attached hydrogens (tertiary/aromatic N) is 2. The van der Waals surface area contributed by atoms with Crippen molar-refractivity contribution in [2.24, 2.45) is 0 Å². The molecule has 0 unspecified atom stereocenters. The molecule has 5 nitrogen and oxygen atoms in total. The Balaban J connectivity index is 1.67. The molecule has 0 N–H and O–H groups in total. The van der Waals surface area contributed by atoms with Crippen molar-refractivity contribution in [1.82, 2.24) is 9.80 Å². The van der Waals surface area contributed by atoms with Crippen LogP contribution in [0, 0.1) is 0 Å². The van der Waals surface area contributed by atoms with Crippen molar-refractivity contribution >= 4 is 5.91 Å². The Hall–Kier alpha value is -1.73. The number of para-hydroxylation sites is 1. The van der Waals surface area contributed by atoms with Gasteiger partial charge in [-0.25, -0.2) is 0 Å². The quantitative estimate of drug-likeness (QED) is 0.774. The molecule has 0 aliphatic carbocycles. The first-order chi connectivity index (χ1) is 12.6. The van der Waals surface area contributed by atoms with E-state index in [2.05, 4.69) is 9.64 Å². The van der Waals surface area contributed by atoms with Crippen LogP contribution < -0.4 is 4.74 Å². The van der Waals surface area contributed by atoms with Crippen LogP contribution >= 0.6 is 0 Å². The number of piperidine rings is 1. The van der Waals surface area contributed by atoms with Crippen molar-refractivity contribution in [2.45, 2.75) is 38.3 Å². The second kappa shape index (κ2) is 9.28. The Morgan fingerprint density at radius 2 is 1.96 bits per heavy atom. The van der Waals surface area contributed by atoms with Gasteiger partial charge >= 0.3 is 6.61 Å². The molecule has 0 radical (unpaired) electrons. The number of carbonyl (C=O) groups excluding carboxylic acids is 1. The van der Waals surface area contributed by atoms with Gasteiger partial charge in [-0.05, 0) is 37.8 Å². The maximum absolute atomic E-state index is 13.0. The minimum atomic E-state index is -2.94. The number of alkyl halides is 2. The average molecular weight is 368 g/mol. The van der Waals surface area contributed by atoms with E-state index >= 15 is 0 Å². The van der Waals surface area contributed by atoms with Crippen LogP contribution in [0.2, 0.25) is 0 Å². The third kappa shape index (κ3) is 4.92. The molecular formula is C19H26F2N2O3. The van der Waals surface area contributed by atoms with Gasteiger partial charge in [0, 0.05) is 32.2 Å². The molecule has 26 heavy (non-hydrogen) atoms. The average Bonchev–Trinajstić information content (AvgIpc) is 2.67. The number of benzene rings is 1. The van der Waals surface area contributed by atoms with Crippen LogP contribution in [0.25, 0.3) is 0 Å². The van der Waals surface area contributed by atoms with E-state index in [0.717, 1.165) is 58.5 Å². The lowest BCUT2D eigenvalue weighted by atomic mass is 9.97. The van der Waals surface area contributed by atoms with Gasteiger partial charge in [0.2, 0.25) is 0 Å². The molecule has 0 spiro atoms. The molecule has 0 saturated carbocycles. The maximum Gasteiger partial charge on any atom is 0.387 e. The SMILES string of the molecule is O=C(c1ccccc1OC(F)F)N1CCCC[C@@H]1CCN1CCOCC1. The lowest BCUT2D eigenvalue weighted by Gasteiger charge is -2.37. The Morgan fingerprint density at radius 3 is 2.73 bits per heavy atom. The number of likely N-dealkylation sites (tertiary alicyclic amines) is 1. The van der Waals surface area contributed by atoms with Crippen LogP contribution in [-0.2, 0) is 4.74 Å². The van der Waals surface area contributed by atoms with Gasteiger partial charge in [0.25, 0.3) is 5.91 Å². The van der Waals surface area contributed by atoms with Crippen molar-refractivity contribution in [3.63, 3.8) is 0 Å². The lowest BCUT2D eigenvalue weighted by molar-refractivity contribution is -0.0503. The molecule has 0 bridgehead atoms. The zero-order valence-corrected chi connectivity index (χ0v) is 14.9. The summed E-state index contributed by atoms with van der Waals surface area (Å²) in [6, 6.07) is 6.40. The molecule has 3 rings (SSSR count). The minimum absolute atomic E-state index is 0.0509. The molecule has 1 amide bonds. The number of morpholine rings is 1. The van der Waals surface area contributed by atoms with E-state index in [1.54, 1.807) is 18.2 Å². The third-order valence-electron chi connectivity index (χ3n) is 5.10. The smallest absolute Gasteiger partial charge is 0.387 e. The van der Waals surface area contributed by atoms with E-state index < -0.39 is 6.61 Å². The van der Waals surface area contributed by atoms with Gasteiger partial charge in [-0.1, -0.05) is 12.1 Å². The predicted octanol–water partition coefficient (Wildman–Crippen LogP) is 3.01. The largest absolute Gasteiger partial charge is 0.434 e. The van der Waals surface area contributed by atoms with Gasteiger partial charge in [-0.15, -0.1) is 0 Å². The van der Waals surface area contributed by atoms with E-state index in [-0.39, 0.29) is 23.3 Å². The normalized spacial score (nSPS) is 21.8. The topological polar surface area (TPSA) is 42.0 Å². The third-order valence-corrected chi connectivity index (χ3v) is 5.10.